The topological polar surface area (TPSA) is 43.1 Å². The molecule has 1 saturated carbocycles. The highest BCUT2D eigenvalue weighted by atomic mass is 35.5. The molecule has 1 aromatic heterocycles. The molecule has 120 valence electrons. The van der Waals surface area contributed by atoms with Gasteiger partial charge in [-0.15, -0.1) is 16.7 Å². The van der Waals surface area contributed by atoms with Gasteiger partial charge < -0.3 is 0 Å². The maximum atomic E-state index is 6.41. The summed E-state index contributed by atoms with van der Waals surface area (Å²) >= 11 is 13.9. The highest BCUT2D eigenvalue weighted by molar-refractivity contribution is 7.98. The Balaban J connectivity index is 1.50. The molecule has 1 aliphatic heterocycles. The van der Waals surface area contributed by atoms with Gasteiger partial charge in [0.25, 0.3) is 0 Å². The third kappa shape index (κ3) is 3.28. The summed E-state index contributed by atoms with van der Waals surface area (Å²) in [7, 11) is 0. The Bertz CT molecular complexity index is 741. The molecule has 1 aliphatic carbocycles. The van der Waals surface area contributed by atoms with Crippen molar-refractivity contribution in [1.29, 1.82) is 0 Å². The zero-order valence-corrected chi connectivity index (χ0v) is 14.8. The van der Waals surface area contributed by atoms with Crippen molar-refractivity contribution in [3.8, 4) is 0 Å². The Hall–Kier alpha value is -1.04. The van der Waals surface area contributed by atoms with Crippen LogP contribution in [-0.4, -0.2) is 25.9 Å². The molecule has 2 heterocycles. The molecule has 2 unspecified atom stereocenters. The molecule has 0 amide bonds. The van der Waals surface area contributed by atoms with Crippen LogP contribution in [0.1, 0.15) is 24.8 Å². The molecule has 23 heavy (non-hydrogen) atoms. The second kappa shape index (κ2) is 6.46. The first-order chi connectivity index (χ1) is 11.2. The number of benzene rings is 1. The second-order valence-corrected chi connectivity index (χ2v) is 7.83. The summed E-state index contributed by atoms with van der Waals surface area (Å²) in [5.41, 5.74) is 2.31. The number of aliphatic imine (C=N–C) groups is 1. The number of halogens is 2. The summed E-state index contributed by atoms with van der Waals surface area (Å²) in [6.07, 6.45) is 3.33. The van der Waals surface area contributed by atoms with Gasteiger partial charge in [-0.05, 0) is 30.5 Å². The van der Waals surface area contributed by atoms with E-state index in [9.17, 15) is 0 Å². The van der Waals surface area contributed by atoms with E-state index in [-0.39, 0.29) is 5.38 Å². The van der Waals surface area contributed by atoms with Crippen LogP contribution in [0.2, 0.25) is 5.02 Å². The van der Waals surface area contributed by atoms with Crippen LogP contribution in [0.5, 0.6) is 0 Å². The van der Waals surface area contributed by atoms with Crippen molar-refractivity contribution in [2.24, 2.45) is 10.9 Å². The van der Waals surface area contributed by atoms with Gasteiger partial charge in [-0.25, -0.2) is 9.67 Å². The van der Waals surface area contributed by atoms with Crippen molar-refractivity contribution in [3.05, 3.63) is 34.9 Å². The summed E-state index contributed by atoms with van der Waals surface area (Å²) < 4.78 is 1.92. The maximum Gasteiger partial charge on any atom is 0.248 e. The number of fused-ring (bicyclic) bond motifs is 2. The van der Waals surface area contributed by atoms with E-state index in [1.54, 1.807) is 11.8 Å². The molecule has 4 rings (SSSR count). The van der Waals surface area contributed by atoms with E-state index in [4.69, 9.17) is 23.2 Å². The normalized spacial score (nSPS) is 23.1. The molecule has 0 N–H and O–H groups in total. The fourth-order valence-corrected chi connectivity index (χ4v) is 4.37. The van der Waals surface area contributed by atoms with Crippen LogP contribution in [0.3, 0.4) is 0 Å². The number of alkyl halides is 1. The minimum atomic E-state index is 0.0596. The Labute approximate surface area is 149 Å². The molecule has 4 nitrogen and oxygen atoms in total. The Morgan fingerprint density at radius 1 is 1.22 bits per heavy atom. The minimum absolute atomic E-state index is 0.0596. The van der Waals surface area contributed by atoms with Gasteiger partial charge in [0.2, 0.25) is 11.1 Å². The number of nitrogens with zero attached hydrogens (tertiary/aromatic N) is 4. The lowest BCUT2D eigenvalue weighted by Crippen LogP contribution is -2.34. The van der Waals surface area contributed by atoms with Crippen LogP contribution in [0.25, 0.3) is 0 Å². The monoisotopic (exact) mass is 366 g/mol. The van der Waals surface area contributed by atoms with Gasteiger partial charge in [0.15, 0.2) is 0 Å². The number of hydrogen-bond donors (Lipinski definition) is 0. The fraction of sp³-hybridized carbons (Fsp3) is 0.438. The van der Waals surface area contributed by atoms with Gasteiger partial charge in [-0.2, -0.15) is 4.98 Å². The van der Waals surface area contributed by atoms with Gasteiger partial charge in [0.1, 0.15) is 0 Å². The molecule has 0 radical (unpaired) electrons. The Kier molecular flexibility index (Phi) is 4.35. The highest BCUT2D eigenvalue weighted by Crippen LogP contribution is 2.34. The van der Waals surface area contributed by atoms with Gasteiger partial charge in [-0.1, -0.05) is 41.9 Å². The largest absolute Gasteiger partial charge is 0.248 e. The lowest BCUT2D eigenvalue weighted by Gasteiger charge is -2.30. The summed E-state index contributed by atoms with van der Waals surface area (Å²) in [6.45, 7) is 0.853. The molecule has 0 saturated heterocycles. The van der Waals surface area contributed by atoms with Gasteiger partial charge in [0, 0.05) is 22.4 Å². The number of hydrogen-bond acceptors (Lipinski definition) is 4. The van der Waals surface area contributed by atoms with Crippen LogP contribution in [0.15, 0.2) is 34.4 Å². The molecule has 0 spiro atoms. The highest BCUT2D eigenvalue weighted by Gasteiger charge is 2.32. The smallest absolute Gasteiger partial charge is 0.228 e. The summed E-state index contributed by atoms with van der Waals surface area (Å²) in [6, 6.07) is 7.86. The van der Waals surface area contributed by atoms with Crippen LogP contribution in [-0.2, 0) is 12.3 Å². The van der Waals surface area contributed by atoms with Crippen molar-refractivity contribution >= 4 is 46.6 Å². The molecule has 1 aromatic carbocycles. The average molecular weight is 367 g/mol. The molecule has 2 aliphatic rings. The van der Waals surface area contributed by atoms with Crippen LogP contribution < -0.4 is 0 Å². The van der Waals surface area contributed by atoms with Gasteiger partial charge in [-0.3, -0.25) is 0 Å². The zero-order valence-electron chi connectivity index (χ0n) is 12.5. The van der Waals surface area contributed by atoms with Crippen molar-refractivity contribution in [2.45, 2.75) is 42.1 Å². The molecule has 2 aromatic rings. The van der Waals surface area contributed by atoms with E-state index < -0.39 is 0 Å². The van der Waals surface area contributed by atoms with Crippen molar-refractivity contribution in [1.82, 2.24) is 14.8 Å². The zero-order chi connectivity index (χ0) is 15.8. The van der Waals surface area contributed by atoms with E-state index in [1.165, 1.54) is 12.0 Å². The first kappa shape index (κ1) is 15.5. The number of aromatic nitrogens is 3. The summed E-state index contributed by atoms with van der Waals surface area (Å²) in [5.74, 6) is 1.94. The predicted octanol–water partition coefficient (Wildman–Crippen LogP) is 4.72. The summed E-state index contributed by atoms with van der Waals surface area (Å²) in [4.78, 5) is 9.23. The third-order valence-corrected chi connectivity index (χ3v) is 5.89. The van der Waals surface area contributed by atoms with Crippen molar-refractivity contribution < 1.29 is 0 Å². The SMILES string of the molecule is Clc1ccc(CSc2nc3n(n2)CC2CCCC(Cl)C2=N3)cc1. The van der Waals surface area contributed by atoms with Crippen LogP contribution in [0, 0.1) is 5.92 Å². The first-order valence-corrected chi connectivity index (χ1v) is 9.53. The quantitative estimate of drug-likeness (QED) is 0.583. The first-order valence-electron chi connectivity index (χ1n) is 7.73. The van der Waals surface area contributed by atoms with E-state index in [0.717, 1.165) is 41.0 Å². The summed E-state index contributed by atoms with van der Waals surface area (Å²) in [5, 5.41) is 6.17. The van der Waals surface area contributed by atoms with E-state index in [1.807, 2.05) is 28.9 Å². The van der Waals surface area contributed by atoms with E-state index in [2.05, 4.69) is 15.1 Å². The third-order valence-electron chi connectivity index (χ3n) is 4.29. The molecule has 1 fully saturated rings. The lowest BCUT2D eigenvalue weighted by atomic mass is 9.86. The van der Waals surface area contributed by atoms with Crippen LogP contribution >= 0.6 is 35.0 Å². The van der Waals surface area contributed by atoms with Gasteiger partial charge in [0.05, 0.1) is 11.9 Å². The molecule has 0 bridgehead atoms. The number of thioether (sulfide) groups is 1. The maximum absolute atomic E-state index is 6.41. The molecular weight excluding hydrogens is 351 g/mol. The molecule has 7 heteroatoms. The second-order valence-electron chi connectivity index (χ2n) is 5.92. The van der Waals surface area contributed by atoms with E-state index in [0.29, 0.717) is 11.9 Å². The Morgan fingerprint density at radius 2 is 2.04 bits per heavy atom. The van der Waals surface area contributed by atoms with Crippen molar-refractivity contribution in [3.63, 3.8) is 0 Å². The van der Waals surface area contributed by atoms with Gasteiger partial charge >= 0.3 is 0 Å². The van der Waals surface area contributed by atoms with Crippen LogP contribution in [0.4, 0.5) is 5.95 Å². The van der Waals surface area contributed by atoms with Crippen molar-refractivity contribution in [2.75, 3.05) is 0 Å². The van der Waals surface area contributed by atoms with E-state index >= 15 is 0 Å². The molecular formula is C16H16Cl2N4S. The molecule has 2 atom stereocenters. The lowest BCUT2D eigenvalue weighted by molar-refractivity contribution is 0.429. The Morgan fingerprint density at radius 3 is 2.87 bits per heavy atom. The number of rotatable bonds is 3. The average Bonchev–Trinajstić information content (AvgIpc) is 2.95. The minimum Gasteiger partial charge on any atom is -0.228 e. The standard InChI is InChI=1S/C16H16Cl2N4S/c17-12-6-4-10(5-7-12)9-23-16-20-15-19-14-11(8-22(15)21-16)2-1-3-13(14)18/h4-7,11,13H,1-3,8-9H2. The predicted molar refractivity (Wildman–Crippen MR) is 95.1 cm³/mol. The fourth-order valence-electron chi connectivity index (χ4n) is 3.07.